The highest BCUT2D eigenvalue weighted by Crippen LogP contribution is 2.44. The Hall–Kier alpha value is -3.49. The van der Waals surface area contributed by atoms with Gasteiger partial charge in [0.2, 0.25) is 5.91 Å². The Kier molecular flexibility index (Phi) is 7.63. The number of amides is 2. The van der Waals surface area contributed by atoms with E-state index in [9.17, 15) is 23.2 Å². The zero-order chi connectivity index (χ0) is 24.9. The van der Waals surface area contributed by atoms with Crippen molar-refractivity contribution in [3.8, 4) is 11.1 Å². The van der Waals surface area contributed by atoms with Crippen LogP contribution in [0.5, 0.6) is 0 Å². The molecule has 1 saturated carbocycles. The fourth-order valence-electron chi connectivity index (χ4n) is 5.00. The van der Waals surface area contributed by atoms with Crippen LogP contribution in [0.15, 0.2) is 48.5 Å². The Labute approximate surface area is 201 Å². The van der Waals surface area contributed by atoms with Crippen LogP contribution < -0.4 is 10.6 Å². The van der Waals surface area contributed by atoms with Crippen molar-refractivity contribution in [1.29, 1.82) is 0 Å². The maximum absolute atomic E-state index is 13.0. The highest BCUT2D eigenvalue weighted by atomic mass is 19.3. The number of rotatable bonds is 8. The number of halogens is 2. The third-order valence-corrected chi connectivity index (χ3v) is 6.79. The molecule has 1 fully saturated rings. The fraction of sp³-hybridized carbons (Fsp3) is 0.423. The van der Waals surface area contributed by atoms with Crippen LogP contribution in [0.2, 0.25) is 0 Å². The first-order valence-corrected chi connectivity index (χ1v) is 11.7. The first kappa shape index (κ1) is 24.6. The molecule has 1 atom stereocenters. The second kappa shape index (κ2) is 10.8. The van der Waals surface area contributed by atoms with Crippen LogP contribution in [0.25, 0.3) is 11.1 Å². The minimum absolute atomic E-state index is 0.0406. The molecule has 0 aliphatic heterocycles. The molecule has 35 heavy (non-hydrogen) atoms. The van der Waals surface area contributed by atoms with Gasteiger partial charge < -0.3 is 20.5 Å². The molecule has 2 aliphatic carbocycles. The van der Waals surface area contributed by atoms with Gasteiger partial charge in [0.1, 0.15) is 12.6 Å². The maximum Gasteiger partial charge on any atom is 0.407 e. The standard InChI is InChI=1S/C26H28F2N2O5/c27-24(28)22(13-23(31)32)30-25(33)15-9-11-16(12-10-15)29-26(34)35-14-21-19-7-3-1-5-17(19)18-6-2-4-8-20(18)21/h1-8,15-16,21-22,24H,9-14H2,(H,29,34)(H,30,33)(H,31,32). The van der Waals surface area contributed by atoms with Crippen LogP contribution in [0, 0.1) is 5.92 Å². The van der Waals surface area contributed by atoms with E-state index < -0.39 is 42.8 Å². The molecule has 2 amide bonds. The summed E-state index contributed by atoms with van der Waals surface area (Å²) in [5, 5.41) is 13.8. The maximum atomic E-state index is 13.0. The van der Waals surface area contributed by atoms with Gasteiger partial charge in [-0.2, -0.15) is 0 Å². The van der Waals surface area contributed by atoms with E-state index in [1.54, 1.807) is 0 Å². The number of ether oxygens (including phenoxy) is 1. The van der Waals surface area contributed by atoms with Crippen LogP contribution in [0.1, 0.15) is 49.1 Å². The van der Waals surface area contributed by atoms with Gasteiger partial charge in [0.25, 0.3) is 6.43 Å². The van der Waals surface area contributed by atoms with Crippen LogP contribution in [-0.4, -0.2) is 48.2 Å². The first-order chi connectivity index (χ1) is 16.8. The number of carbonyl (C=O) groups is 3. The molecule has 4 rings (SSSR count). The summed E-state index contributed by atoms with van der Waals surface area (Å²) in [6.45, 7) is 0.205. The molecule has 9 heteroatoms. The summed E-state index contributed by atoms with van der Waals surface area (Å²) in [4.78, 5) is 35.5. The molecular weight excluding hydrogens is 458 g/mol. The number of carbonyl (C=O) groups excluding carboxylic acids is 2. The van der Waals surface area contributed by atoms with Crippen LogP contribution in [-0.2, 0) is 14.3 Å². The van der Waals surface area contributed by atoms with Crippen molar-refractivity contribution < 1.29 is 33.0 Å². The molecule has 0 spiro atoms. The Morgan fingerprint density at radius 3 is 2.06 bits per heavy atom. The third-order valence-electron chi connectivity index (χ3n) is 6.79. The van der Waals surface area contributed by atoms with Gasteiger partial charge in [-0.25, -0.2) is 13.6 Å². The number of nitrogens with one attached hydrogen (secondary N) is 2. The average Bonchev–Trinajstić information content (AvgIpc) is 3.16. The van der Waals surface area contributed by atoms with E-state index in [0.29, 0.717) is 25.7 Å². The van der Waals surface area contributed by atoms with Crippen molar-refractivity contribution in [1.82, 2.24) is 10.6 Å². The van der Waals surface area contributed by atoms with Crippen molar-refractivity contribution in [3.63, 3.8) is 0 Å². The minimum Gasteiger partial charge on any atom is -0.481 e. The molecule has 0 saturated heterocycles. The van der Waals surface area contributed by atoms with Crippen LogP contribution in [0.4, 0.5) is 13.6 Å². The second-order valence-corrected chi connectivity index (χ2v) is 9.07. The zero-order valence-electron chi connectivity index (χ0n) is 19.1. The normalized spacial score (nSPS) is 20.0. The highest BCUT2D eigenvalue weighted by molar-refractivity contribution is 5.80. The molecule has 0 heterocycles. The van der Waals surface area contributed by atoms with Gasteiger partial charge in [-0.15, -0.1) is 0 Å². The molecule has 3 N–H and O–H groups in total. The fourth-order valence-corrected chi connectivity index (χ4v) is 5.00. The summed E-state index contributed by atoms with van der Waals surface area (Å²) in [6.07, 6.45) is -2.50. The molecule has 0 bridgehead atoms. The van der Waals surface area contributed by atoms with E-state index >= 15 is 0 Å². The Balaban J connectivity index is 1.25. The predicted molar refractivity (Wildman–Crippen MR) is 124 cm³/mol. The number of alkyl halides is 2. The second-order valence-electron chi connectivity index (χ2n) is 9.07. The molecular formula is C26H28F2N2O5. The lowest BCUT2D eigenvalue weighted by Gasteiger charge is -2.29. The molecule has 186 valence electrons. The van der Waals surface area contributed by atoms with Crippen molar-refractivity contribution in [2.24, 2.45) is 5.92 Å². The number of aliphatic carboxylic acids is 1. The van der Waals surface area contributed by atoms with Gasteiger partial charge in [-0.1, -0.05) is 48.5 Å². The summed E-state index contributed by atoms with van der Waals surface area (Å²) in [5.74, 6) is -2.51. The summed E-state index contributed by atoms with van der Waals surface area (Å²) < 4.78 is 31.6. The number of benzene rings is 2. The van der Waals surface area contributed by atoms with E-state index in [4.69, 9.17) is 9.84 Å². The Bertz CT molecular complexity index is 1040. The quantitative estimate of drug-likeness (QED) is 0.516. The summed E-state index contributed by atoms with van der Waals surface area (Å²) in [6, 6.07) is 14.2. The van der Waals surface area contributed by atoms with Gasteiger partial charge in [0.15, 0.2) is 0 Å². The lowest BCUT2D eigenvalue weighted by Crippen LogP contribution is -2.46. The third kappa shape index (κ3) is 5.78. The van der Waals surface area contributed by atoms with Crippen molar-refractivity contribution in [3.05, 3.63) is 59.7 Å². The van der Waals surface area contributed by atoms with Gasteiger partial charge in [0.05, 0.1) is 6.42 Å². The monoisotopic (exact) mass is 486 g/mol. The molecule has 0 radical (unpaired) electrons. The van der Waals surface area contributed by atoms with Crippen LogP contribution in [0.3, 0.4) is 0 Å². The van der Waals surface area contributed by atoms with Crippen molar-refractivity contribution in [2.75, 3.05) is 6.61 Å². The van der Waals surface area contributed by atoms with E-state index in [0.717, 1.165) is 22.3 Å². The Morgan fingerprint density at radius 1 is 0.943 bits per heavy atom. The number of hydrogen-bond acceptors (Lipinski definition) is 4. The lowest BCUT2D eigenvalue weighted by atomic mass is 9.85. The van der Waals surface area contributed by atoms with Crippen LogP contribution >= 0.6 is 0 Å². The first-order valence-electron chi connectivity index (χ1n) is 11.7. The number of fused-ring (bicyclic) bond motifs is 3. The number of hydrogen-bond donors (Lipinski definition) is 3. The molecule has 2 aromatic rings. The highest BCUT2D eigenvalue weighted by Gasteiger charge is 2.32. The number of carboxylic acid groups (broad SMARTS) is 1. The van der Waals surface area contributed by atoms with Crippen molar-refractivity contribution >= 4 is 18.0 Å². The summed E-state index contributed by atoms with van der Waals surface area (Å²) >= 11 is 0. The number of alkyl carbamates (subject to hydrolysis) is 1. The van der Waals surface area contributed by atoms with Gasteiger partial charge in [0, 0.05) is 17.9 Å². The van der Waals surface area contributed by atoms with E-state index in [1.807, 2.05) is 36.4 Å². The van der Waals surface area contributed by atoms with Crippen molar-refractivity contribution in [2.45, 2.75) is 56.5 Å². The summed E-state index contributed by atoms with van der Waals surface area (Å²) in [5.41, 5.74) is 4.54. The Morgan fingerprint density at radius 2 is 1.51 bits per heavy atom. The average molecular weight is 487 g/mol. The molecule has 2 aromatic carbocycles. The van der Waals surface area contributed by atoms with E-state index in [-0.39, 0.29) is 18.6 Å². The zero-order valence-corrected chi connectivity index (χ0v) is 19.1. The van der Waals surface area contributed by atoms with Gasteiger partial charge >= 0.3 is 12.1 Å². The molecule has 7 nitrogen and oxygen atoms in total. The van der Waals surface area contributed by atoms with Gasteiger partial charge in [-0.3, -0.25) is 9.59 Å². The molecule has 0 aromatic heterocycles. The van der Waals surface area contributed by atoms with Gasteiger partial charge in [-0.05, 0) is 47.9 Å². The lowest BCUT2D eigenvalue weighted by molar-refractivity contribution is -0.139. The SMILES string of the molecule is O=C(O)CC(NC(=O)C1CCC(NC(=O)OCC2c3ccccc3-c3ccccc32)CC1)C(F)F. The summed E-state index contributed by atoms with van der Waals surface area (Å²) in [7, 11) is 0. The molecule has 1 unspecified atom stereocenters. The van der Waals surface area contributed by atoms with E-state index in [1.165, 1.54) is 0 Å². The topological polar surface area (TPSA) is 105 Å². The molecule has 2 aliphatic rings. The van der Waals surface area contributed by atoms with E-state index in [2.05, 4.69) is 22.8 Å². The smallest absolute Gasteiger partial charge is 0.407 e. The largest absolute Gasteiger partial charge is 0.481 e. The predicted octanol–water partition coefficient (Wildman–Crippen LogP) is 4.31. The minimum atomic E-state index is -2.96. The number of carboxylic acids is 1.